The zero-order chi connectivity index (χ0) is 18.4. The third-order valence-electron chi connectivity index (χ3n) is 4.80. The summed E-state index contributed by atoms with van der Waals surface area (Å²) in [6.45, 7) is 1.93. The fraction of sp³-hybridized carbons (Fsp3) is 0.0909. The lowest BCUT2D eigenvalue weighted by Gasteiger charge is -2.11. The van der Waals surface area contributed by atoms with Gasteiger partial charge in [-0.05, 0) is 31.2 Å². The van der Waals surface area contributed by atoms with Gasteiger partial charge in [0.2, 0.25) is 5.91 Å². The van der Waals surface area contributed by atoms with E-state index in [1.54, 1.807) is 0 Å². The first-order valence-electron chi connectivity index (χ1n) is 8.86. The number of rotatable bonds is 3. The van der Waals surface area contributed by atoms with Gasteiger partial charge in [-0.25, -0.2) is 4.98 Å². The molecular weight excluding hydrogens is 354 g/mol. The van der Waals surface area contributed by atoms with Crippen LogP contribution in [-0.2, 0) is 0 Å². The molecule has 3 aromatic carbocycles. The lowest BCUT2D eigenvalue weighted by molar-refractivity contribution is 0.0925. The van der Waals surface area contributed by atoms with E-state index in [1.807, 2.05) is 72.2 Å². The summed E-state index contributed by atoms with van der Waals surface area (Å²) in [6, 6.07) is 24.0. The number of aromatic amines is 1. The van der Waals surface area contributed by atoms with E-state index >= 15 is 0 Å². The SMILES string of the molecule is CC(Sc1nc2ccccc2[nH]1)C(=O)n1c2ccccc2c2ccccc21. The van der Waals surface area contributed by atoms with E-state index in [2.05, 4.69) is 22.1 Å². The molecule has 4 nitrogen and oxygen atoms in total. The molecule has 0 radical (unpaired) electrons. The average Bonchev–Trinajstić information content (AvgIpc) is 3.25. The summed E-state index contributed by atoms with van der Waals surface area (Å²) in [5.74, 6) is 0.0536. The number of para-hydroxylation sites is 4. The van der Waals surface area contributed by atoms with Gasteiger partial charge in [0.05, 0.1) is 27.3 Å². The van der Waals surface area contributed by atoms with Crippen molar-refractivity contribution in [2.45, 2.75) is 17.3 Å². The van der Waals surface area contributed by atoms with Crippen molar-refractivity contribution in [3.05, 3.63) is 72.8 Å². The second-order valence-corrected chi connectivity index (χ2v) is 7.86. The van der Waals surface area contributed by atoms with Gasteiger partial charge >= 0.3 is 0 Å². The van der Waals surface area contributed by atoms with E-state index in [-0.39, 0.29) is 11.2 Å². The van der Waals surface area contributed by atoms with E-state index in [0.29, 0.717) is 0 Å². The molecule has 0 aliphatic rings. The molecule has 0 saturated carbocycles. The maximum absolute atomic E-state index is 13.4. The predicted octanol–water partition coefficient (Wildman–Crippen LogP) is 5.49. The standard InChI is InChI=1S/C22H17N3OS/c1-14(27-22-23-17-10-4-5-11-18(17)24-22)21(26)25-19-12-6-2-8-15(19)16-9-3-7-13-20(16)25/h2-14H,1H3,(H,23,24). The summed E-state index contributed by atoms with van der Waals surface area (Å²) in [7, 11) is 0. The first-order valence-corrected chi connectivity index (χ1v) is 9.74. The summed E-state index contributed by atoms with van der Waals surface area (Å²) >= 11 is 1.46. The third-order valence-corrected chi connectivity index (χ3v) is 5.78. The van der Waals surface area contributed by atoms with Gasteiger partial charge in [0.15, 0.2) is 5.16 Å². The molecule has 0 aliphatic heterocycles. The Balaban J connectivity index is 1.56. The molecule has 0 spiro atoms. The normalized spacial score (nSPS) is 12.8. The van der Waals surface area contributed by atoms with Gasteiger partial charge in [0.1, 0.15) is 0 Å². The smallest absolute Gasteiger partial charge is 0.244 e. The highest BCUT2D eigenvalue weighted by atomic mass is 32.2. The molecule has 0 bridgehead atoms. The van der Waals surface area contributed by atoms with Gasteiger partial charge in [0, 0.05) is 10.8 Å². The van der Waals surface area contributed by atoms with Crippen molar-refractivity contribution in [1.82, 2.24) is 14.5 Å². The van der Waals surface area contributed by atoms with Crippen molar-refractivity contribution >= 4 is 50.5 Å². The highest BCUT2D eigenvalue weighted by molar-refractivity contribution is 8.00. The first-order chi connectivity index (χ1) is 13.2. The maximum Gasteiger partial charge on any atom is 0.244 e. The third kappa shape index (κ3) is 2.62. The maximum atomic E-state index is 13.4. The summed E-state index contributed by atoms with van der Waals surface area (Å²) in [4.78, 5) is 21.2. The Labute approximate surface area is 160 Å². The van der Waals surface area contributed by atoms with E-state index in [4.69, 9.17) is 0 Å². The number of hydrogen-bond acceptors (Lipinski definition) is 3. The van der Waals surface area contributed by atoms with Crippen LogP contribution in [-0.4, -0.2) is 25.7 Å². The minimum absolute atomic E-state index is 0.0536. The lowest BCUT2D eigenvalue weighted by atomic mass is 10.2. The summed E-state index contributed by atoms with van der Waals surface area (Å²) in [5.41, 5.74) is 3.79. The van der Waals surface area contributed by atoms with Crippen LogP contribution < -0.4 is 0 Å². The number of thioether (sulfide) groups is 1. The molecule has 0 amide bonds. The van der Waals surface area contributed by atoms with Crippen LogP contribution in [0.15, 0.2) is 78.0 Å². The Hall–Kier alpha value is -3.05. The van der Waals surface area contributed by atoms with Crippen molar-refractivity contribution < 1.29 is 4.79 Å². The van der Waals surface area contributed by atoms with Crippen molar-refractivity contribution in [3.63, 3.8) is 0 Å². The number of imidazole rings is 1. The molecular formula is C22H17N3OS. The predicted molar refractivity (Wildman–Crippen MR) is 111 cm³/mol. The summed E-state index contributed by atoms with van der Waals surface area (Å²) in [6.07, 6.45) is 0. The Morgan fingerprint density at radius 1 is 0.926 bits per heavy atom. The number of fused-ring (bicyclic) bond motifs is 4. The molecule has 2 heterocycles. The van der Waals surface area contributed by atoms with Crippen molar-refractivity contribution in [3.8, 4) is 0 Å². The van der Waals surface area contributed by atoms with E-state index in [1.165, 1.54) is 11.8 Å². The van der Waals surface area contributed by atoms with E-state index in [9.17, 15) is 4.79 Å². The number of nitrogens with one attached hydrogen (secondary N) is 1. The monoisotopic (exact) mass is 371 g/mol. The minimum Gasteiger partial charge on any atom is -0.333 e. The van der Waals surface area contributed by atoms with Crippen LogP contribution in [0.2, 0.25) is 0 Å². The molecule has 0 saturated heterocycles. The summed E-state index contributed by atoms with van der Waals surface area (Å²) < 4.78 is 1.84. The summed E-state index contributed by atoms with van der Waals surface area (Å²) in [5, 5.41) is 2.69. The number of aromatic nitrogens is 3. The van der Waals surface area contributed by atoms with E-state index in [0.717, 1.165) is 38.0 Å². The second kappa shape index (κ2) is 6.28. The average molecular weight is 371 g/mol. The Morgan fingerprint density at radius 3 is 2.19 bits per heavy atom. The van der Waals surface area contributed by atoms with Crippen LogP contribution in [0.3, 0.4) is 0 Å². The topological polar surface area (TPSA) is 50.7 Å². The van der Waals surface area contributed by atoms with Crippen LogP contribution in [0.1, 0.15) is 11.7 Å². The molecule has 1 atom stereocenters. The van der Waals surface area contributed by atoms with Gasteiger partial charge in [-0.1, -0.05) is 60.3 Å². The quantitative estimate of drug-likeness (QED) is 0.427. The Kier molecular flexibility index (Phi) is 3.76. The zero-order valence-electron chi connectivity index (χ0n) is 14.7. The highest BCUT2D eigenvalue weighted by Crippen LogP contribution is 2.31. The number of benzene rings is 3. The molecule has 2 aromatic heterocycles. The molecule has 5 rings (SSSR count). The number of hydrogen-bond donors (Lipinski definition) is 1. The fourth-order valence-corrected chi connectivity index (χ4v) is 4.41. The molecule has 5 heteroatoms. The zero-order valence-corrected chi connectivity index (χ0v) is 15.5. The Morgan fingerprint density at radius 2 is 1.52 bits per heavy atom. The van der Waals surface area contributed by atoms with Crippen LogP contribution in [0.4, 0.5) is 0 Å². The number of carbonyl (C=O) groups is 1. The number of carbonyl (C=O) groups excluding carboxylic acids is 1. The molecule has 1 unspecified atom stereocenters. The fourth-order valence-electron chi connectivity index (χ4n) is 3.54. The molecule has 0 aliphatic carbocycles. The van der Waals surface area contributed by atoms with Gasteiger partial charge in [-0.15, -0.1) is 0 Å². The number of H-pyrrole nitrogens is 1. The molecule has 27 heavy (non-hydrogen) atoms. The van der Waals surface area contributed by atoms with Gasteiger partial charge in [0.25, 0.3) is 0 Å². The van der Waals surface area contributed by atoms with Crippen LogP contribution in [0.25, 0.3) is 32.8 Å². The van der Waals surface area contributed by atoms with Crippen LogP contribution in [0.5, 0.6) is 0 Å². The molecule has 132 valence electrons. The van der Waals surface area contributed by atoms with Gasteiger partial charge in [-0.3, -0.25) is 9.36 Å². The van der Waals surface area contributed by atoms with Crippen molar-refractivity contribution in [2.75, 3.05) is 0 Å². The highest BCUT2D eigenvalue weighted by Gasteiger charge is 2.22. The van der Waals surface area contributed by atoms with Crippen LogP contribution >= 0.6 is 11.8 Å². The first kappa shape index (κ1) is 16.1. The molecule has 5 aromatic rings. The minimum atomic E-state index is -0.273. The molecule has 1 N–H and O–H groups in total. The van der Waals surface area contributed by atoms with Gasteiger partial charge < -0.3 is 4.98 Å². The largest absolute Gasteiger partial charge is 0.333 e. The number of nitrogens with zero attached hydrogens (tertiary/aromatic N) is 2. The van der Waals surface area contributed by atoms with E-state index < -0.39 is 0 Å². The molecule has 0 fully saturated rings. The van der Waals surface area contributed by atoms with Gasteiger partial charge in [-0.2, -0.15) is 0 Å². The van der Waals surface area contributed by atoms with Crippen LogP contribution in [0, 0.1) is 0 Å². The Bertz CT molecular complexity index is 1210. The van der Waals surface area contributed by atoms with Crippen molar-refractivity contribution in [1.29, 1.82) is 0 Å². The van der Waals surface area contributed by atoms with Crippen molar-refractivity contribution in [2.24, 2.45) is 0 Å². The second-order valence-electron chi connectivity index (χ2n) is 6.53. The lowest BCUT2D eigenvalue weighted by Crippen LogP contribution is -2.21.